The maximum absolute atomic E-state index is 3.25. The number of hydrogen-bond donors (Lipinski definition) is 1. The van der Waals surface area contributed by atoms with Crippen molar-refractivity contribution in [1.29, 1.82) is 0 Å². The summed E-state index contributed by atoms with van der Waals surface area (Å²) in [6, 6.07) is 1.33. The Labute approximate surface area is 77.3 Å². The number of nitrogens with zero attached hydrogens (tertiary/aromatic N) is 1. The molecule has 0 aliphatic carbocycles. The van der Waals surface area contributed by atoms with Gasteiger partial charge in [-0.1, -0.05) is 0 Å². The number of rotatable bonds is 6. The molecule has 0 rings (SSSR count). The first kappa shape index (κ1) is 11.9. The van der Waals surface area contributed by atoms with Crippen LogP contribution in [0.5, 0.6) is 0 Å². The molecule has 0 bridgehead atoms. The normalized spacial score (nSPS) is 14.2. The Morgan fingerprint density at radius 1 is 1.25 bits per heavy atom. The molecule has 1 atom stereocenters. The van der Waals surface area contributed by atoms with Gasteiger partial charge in [-0.2, -0.15) is 0 Å². The van der Waals surface area contributed by atoms with E-state index in [-0.39, 0.29) is 0 Å². The summed E-state index contributed by atoms with van der Waals surface area (Å²) < 4.78 is 0. The summed E-state index contributed by atoms with van der Waals surface area (Å²) >= 11 is 0. The van der Waals surface area contributed by atoms with Crippen molar-refractivity contribution in [2.24, 2.45) is 0 Å². The molecule has 0 saturated heterocycles. The summed E-state index contributed by atoms with van der Waals surface area (Å²) in [5.41, 5.74) is 0. The van der Waals surface area contributed by atoms with Crippen LogP contribution in [0.4, 0.5) is 0 Å². The monoisotopic (exact) mass is 172 g/mol. The largest absolute Gasteiger partial charge is 0.317 e. The molecule has 0 aromatic rings. The Balaban J connectivity index is 3.30. The van der Waals surface area contributed by atoms with Gasteiger partial charge in [0.25, 0.3) is 0 Å². The first-order valence-electron chi connectivity index (χ1n) is 4.95. The minimum absolute atomic E-state index is 0.658. The Kier molecular flexibility index (Phi) is 6.39. The van der Waals surface area contributed by atoms with E-state index >= 15 is 0 Å². The maximum atomic E-state index is 3.25. The second-order valence-corrected chi connectivity index (χ2v) is 3.91. The van der Waals surface area contributed by atoms with Crippen molar-refractivity contribution in [2.45, 2.75) is 45.7 Å². The van der Waals surface area contributed by atoms with E-state index in [0.29, 0.717) is 12.1 Å². The quantitative estimate of drug-likeness (QED) is 0.656. The van der Waals surface area contributed by atoms with E-state index in [1.165, 1.54) is 19.4 Å². The molecule has 2 nitrogen and oxygen atoms in total. The van der Waals surface area contributed by atoms with Crippen molar-refractivity contribution in [3.8, 4) is 0 Å². The Morgan fingerprint density at radius 3 is 2.25 bits per heavy atom. The number of nitrogens with one attached hydrogen (secondary N) is 1. The Morgan fingerprint density at radius 2 is 1.83 bits per heavy atom. The second kappa shape index (κ2) is 6.44. The van der Waals surface area contributed by atoms with Gasteiger partial charge in [0.2, 0.25) is 0 Å². The highest BCUT2D eigenvalue weighted by Crippen LogP contribution is 2.00. The molecule has 0 amide bonds. The summed E-state index contributed by atoms with van der Waals surface area (Å²) in [6.45, 7) is 7.92. The van der Waals surface area contributed by atoms with Gasteiger partial charge in [0.1, 0.15) is 0 Å². The third-order valence-corrected chi connectivity index (χ3v) is 2.52. The number of hydrogen-bond acceptors (Lipinski definition) is 2. The molecule has 0 saturated carbocycles. The van der Waals surface area contributed by atoms with Crippen LogP contribution < -0.4 is 5.32 Å². The van der Waals surface area contributed by atoms with Gasteiger partial charge in [0.05, 0.1) is 0 Å². The summed E-state index contributed by atoms with van der Waals surface area (Å²) in [6.07, 6.45) is 2.56. The van der Waals surface area contributed by atoms with Gasteiger partial charge in [-0.15, -0.1) is 0 Å². The second-order valence-electron chi connectivity index (χ2n) is 3.91. The average Bonchev–Trinajstić information content (AvgIpc) is 2.03. The van der Waals surface area contributed by atoms with E-state index in [0.717, 1.165) is 0 Å². The van der Waals surface area contributed by atoms with Crippen LogP contribution >= 0.6 is 0 Å². The molecule has 1 N–H and O–H groups in total. The molecule has 1 unspecified atom stereocenters. The molecule has 74 valence electrons. The third-order valence-electron chi connectivity index (χ3n) is 2.52. The van der Waals surface area contributed by atoms with Gasteiger partial charge in [-0.3, -0.25) is 0 Å². The fraction of sp³-hybridized carbons (Fsp3) is 1.00. The van der Waals surface area contributed by atoms with E-state index in [1.807, 2.05) is 7.05 Å². The van der Waals surface area contributed by atoms with Gasteiger partial charge in [-0.05, 0) is 54.3 Å². The van der Waals surface area contributed by atoms with Crippen molar-refractivity contribution < 1.29 is 0 Å². The molecule has 0 heterocycles. The smallest absolute Gasteiger partial charge is 0.00362 e. The zero-order chi connectivity index (χ0) is 9.56. The van der Waals surface area contributed by atoms with Crippen LogP contribution in [0, 0.1) is 0 Å². The Hall–Kier alpha value is -0.0800. The summed E-state index contributed by atoms with van der Waals surface area (Å²) in [4.78, 5) is 2.39. The lowest BCUT2D eigenvalue weighted by Gasteiger charge is -2.21. The highest BCUT2D eigenvalue weighted by molar-refractivity contribution is 4.61. The molecule has 12 heavy (non-hydrogen) atoms. The zero-order valence-corrected chi connectivity index (χ0v) is 9.22. The topological polar surface area (TPSA) is 15.3 Å². The molecule has 0 aromatic carbocycles. The molecular weight excluding hydrogens is 148 g/mol. The van der Waals surface area contributed by atoms with E-state index in [4.69, 9.17) is 0 Å². The first-order chi connectivity index (χ1) is 5.57. The molecule has 0 fully saturated rings. The van der Waals surface area contributed by atoms with Crippen LogP contribution in [0.1, 0.15) is 33.6 Å². The van der Waals surface area contributed by atoms with Gasteiger partial charge < -0.3 is 10.2 Å². The van der Waals surface area contributed by atoms with Crippen molar-refractivity contribution >= 4 is 0 Å². The lowest BCUT2D eigenvalue weighted by molar-refractivity contribution is 0.264. The highest BCUT2D eigenvalue weighted by atomic mass is 15.1. The van der Waals surface area contributed by atoms with Crippen LogP contribution in [-0.4, -0.2) is 37.6 Å². The van der Waals surface area contributed by atoms with Gasteiger partial charge in [0.15, 0.2) is 0 Å². The Bertz CT molecular complexity index is 102. The summed E-state index contributed by atoms with van der Waals surface area (Å²) in [7, 11) is 4.21. The van der Waals surface area contributed by atoms with Crippen molar-refractivity contribution in [3.63, 3.8) is 0 Å². The standard InChI is InChI=1S/C10H24N2/c1-9(2)12(5)8-6-7-10(3)11-4/h9-11H,6-8H2,1-5H3. The van der Waals surface area contributed by atoms with E-state index in [9.17, 15) is 0 Å². The average molecular weight is 172 g/mol. The lowest BCUT2D eigenvalue weighted by Crippen LogP contribution is -2.29. The van der Waals surface area contributed by atoms with Crippen molar-refractivity contribution in [2.75, 3.05) is 20.6 Å². The van der Waals surface area contributed by atoms with Crippen LogP contribution in [0.15, 0.2) is 0 Å². The van der Waals surface area contributed by atoms with Crippen molar-refractivity contribution in [1.82, 2.24) is 10.2 Å². The fourth-order valence-corrected chi connectivity index (χ4v) is 1.05. The van der Waals surface area contributed by atoms with Crippen LogP contribution in [0.25, 0.3) is 0 Å². The first-order valence-corrected chi connectivity index (χ1v) is 4.95. The minimum atomic E-state index is 0.658. The lowest BCUT2D eigenvalue weighted by atomic mass is 10.2. The molecule has 0 aliphatic heterocycles. The predicted molar refractivity (Wildman–Crippen MR) is 55.5 cm³/mol. The van der Waals surface area contributed by atoms with Gasteiger partial charge >= 0.3 is 0 Å². The third kappa shape index (κ3) is 5.56. The molecule has 0 aromatic heterocycles. The minimum Gasteiger partial charge on any atom is -0.317 e. The molecule has 0 spiro atoms. The van der Waals surface area contributed by atoms with Crippen LogP contribution in [-0.2, 0) is 0 Å². The molecule has 0 radical (unpaired) electrons. The fourth-order valence-electron chi connectivity index (χ4n) is 1.05. The maximum Gasteiger partial charge on any atom is 0.00362 e. The van der Waals surface area contributed by atoms with Crippen LogP contribution in [0.2, 0.25) is 0 Å². The van der Waals surface area contributed by atoms with E-state index in [1.54, 1.807) is 0 Å². The SMILES string of the molecule is CNC(C)CCCN(C)C(C)C. The van der Waals surface area contributed by atoms with E-state index < -0.39 is 0 Å². The van der Waals surface area contributed by atoms with Crippen LogP contribution in [0.3, 0.4) is 0 Å². The molecular formula is C10H24N2. The highest BCUT2D eigenvalue weighted by Gasteiger charge is 2.03. The van der Waals surface area contributed by atoms with Gasteiger partial charge in [0, 0.05) is 12.1 Å². The zero-order valence-electron chi connectivity index (χ0n) is 9.22. The predicted octanol–water partition coefficient (Wildman–Crippen LogP) is 1.71. The van der Waals surface area contributed by atoms with E-state index in [2.05, 4.69) is 38.0 Å². The summed E-state index contributed by atoms with van der Waals surface area (Å²) in [5.74, 6) is 0. The summed E-state index contributed by atoms with van der Waals surface area (Å²) in [5, 5.41) is 3.25. The molecule has 0 aliphatic rings. The molecule has 2 heteroatoms. The van der Waals surface area contributed by atoms with Gasteiger partial charge in [-0.25, -0.2) is 0 Å². The van der Waals surface area contributed by atoms with Crippen molar-refractivity contribution in [3.05, 3.63) is 0 Å².